The molecule has 2 heterocycles. The highest BCUT2D eigenvalue weighted by Crippen LogP contribution is 2.33. The number of aromatic nitrogens is 4. The fourth-order valence-corrected chi connectivity index (χ4v) is 2.34. The van der Waals surface area contributed by atoms with Gasteiger partial charge in [0.05, 0.1) is 18.6 Å². The van der Waals surface area contributed by atoms with E-state index >= 15 is 0 Å². The Morgan fingerprint density at radius 2 is 2.17 bits per heavy atom. The van der Waals surface area contributed by atoms with E-state index in [4.69, 9.17) is 4.74 Å². The van der Waals surface area contributed by atoms with Gasteiger partial charge in [-0.1, -0.05) is 0 Å². The molecule has 2 aromatic heterocycles. The lowest BCUT2D eigenvalue weighted by Gasteiger charge is -2.09. The molecule has 0 aliphatic heterocycles. The smallest absolute Gasteiger partial charge is 0.201 e. The second kappa shape index (κ2) is 6.74. The van der Waals surface area contributed by atoms with Crippen molar-refractivity contribution in [3.8, 4) is 5.82 Å². The molecule has 0 bridgehead atoms. The van der Waals surface area contributed by atoms with E-state index in [1.807, 2.05) is 0 Å². The molecule has 0 N–H and O–H groups in total. The van der Waals surface area contributed by atoms with E-state index in [9.17, 15) is 9.59 Å². The number of allylic oxidation sites excluding steroid dienone is 1. The largest absolute Gasteiger partial charge is 0.501 e. The minimum Gasteiger partial charge on any atom is -0.501 e. The van der Waals surface area contributed by atoms with Crippen molar-refractivity contribution in [1.29, 1.82) is 0 Å². The number of pyridine rings is 1. The van der Waals surface area contributed by atoms with Crippen LogP contribution in [0.2, 0.25) is 0 Å². The highest BCUT2D eigenvalue weighted by Gasteiger charge is 2.35. The van der Waals surface area contributed by atoms with Gasteiger partial charge in [0.15, 0.2) is 11.6 Å². The van der Waals surface area contributed by atoms with Gasteiger partial charge in [0.25, 0.3) is 0 Å². The highest BCUT2D eigenvalue weighted by molar-refractivity contribution is 6.27. The Hall–Kier alpha value is -2.83. The number of aryl methyl sites for hydroxylation is 1. The molecule has 124 valence electrons. The normalized spacial score (nSPS) is 14.5. The van der Waals surface area contributed by atoms with Crippen molar-refractivity contribution >= 4 is 11.6 Å². The second-order valence-corrected chi connectivity index (χ2v) is 5.60. The van der Waals surface area contributed by atoms with Crippen LogP contribution in [0.1, 0.15) is 35.8 Å². The van der Waals surface area contributed by atoms with Crippen LogP contribution in [0.3, 0.4) is 0 Å². The van der Waals surface area contributed by atoms with Gasteiger partial charge in [-0.3, -0.25) is 9.59 Å². The van der Waals surface area contributed by atoms with Crippen LogP contribution in [-0.2, 0) is 9.53 Å². The van der Waals surface area contributed by atoms with Gasteiger partial charge in [0, 0.05) is 11.5 Å². The van der Waals surface area contributed by atoms with Gasteiger partial charge >= 0.3 is 0 Å². The first-order valence-electron chi connectivity index (χ1n) is 7.85. The van der Waals surface area contributed by atoms with E-state index in [1.165, 1.54) is 23.6 Å². The lowest BCUT2D eigenvalue weighted by Crippen LogP contribution is -2.17. The summed E-state index contributed by atoms with van der Waals surface area (Å²) in [6.45, 7) is 3.94. The van der Waals surface area contributed by atoms with Gasteiger partial charge in [0.2, 0.25) is 5.78 Å². The number of hydrogen-bond donors (Lipinski definition) is 0. The van der Waals surface area contributed by atoms with Crippen LogP contribution < -0.4 is 0 Å². The number of carbonyl (C=O) groups is 2. The number of ether oxygens (including phenoxy) is 1. The van der Waals surface area contributed by atoms with Crippen molar-refractivity contribution in [3.63, 3.8) is 0 Å². The van der Waals surface area contributed by atoms with Crippen LogP contribution >= 0.6 is 0 Å². The molecule has 24 heavy (non-hydrogen) atoms. The first-order chi connectivity index (χ1) is 11.6. The van der Waals surface area contributed by atoms with E-state index in [0.717, 1.165) is 12.8 Å². The number of rotatable bonds is 7. The van der Waals surface area contributed by atoms with Crippen LogP contribution in [0.25, 0.3) is 5.82 Å². The lowest BCUT2D eigenvalue weighted by atomic mass is 9.98. The van der Waals surface area contributed by atoms with Crippen molar-refractivity contribution in [1.82, 2.24) is 19.7 Å². The van der Waals surface area contributed by atoms with E-state index in [0.29, 0.717) is 23.7 Å². The quantitative estimate of drug-likeness (QED) is 0.254. The molecule has 1 aliphatic carbocycles. The molecule has 1 saturated carbocycles. The number of nitrogens with zero attached hydrogens (tertiary/aromatic N) is 4. The summed E-state index contributed by atoms with van der Waals surface area (Å²) >= 11 is 0. The lowest BCUT2D eigenvalue weighted by molar-refractivity contribution is -0.116. The number of Topliss-reactive ketones (excluding diaryl/α,β-unsaturated/α-hetero) is 2. The summed E-state index contributed by atoms with van der Waals surface area (Å²) in [5, 5.41) is 4.01. The fraction of sp³-hybridized carbons (Fsp3) is 0.353. The third-order valence-corrected chi connectivity index (χ3v) is 3.80. The molecular formula is C17H18N4O3. The first kappa shape index (κ1) is 16.0. The van der Waals surface area contributed by atoms with E-state index < -0.39 is 0 Å². The molecule has 0 saturated heterocycles. The maximum atomic E-state index is 12.8. The Kier molecular flexibility index (Phi) is 4.50. The number of carbonyl (C=O) groups excluding carboxylic acids is 2. The van der Waals surface area contributed by atoms with Crippen LogP contribution in [0.4, 0.5) is 0 Å². The van der Waals surface area contributed by atoms with Crippen molar-refractivity contribution < 1.29 is 14.3 Å². The zero-order valence-electron chi connectivity index (χ0n) is 13.6. The van der Waals surface area contributed by atoms with Gasteiger partial charge in [-0.05, 0) is 38.8 Å². The summed E-state index contributed by atoms with van der Waals surface area (Å²) in [4.78, 5) is 33.4. The van der Waals surface area contributed by atoms with E-state index in [2.05, 4.69) is 15.1 Å². The summed E-state index contributed by atoms with van der Waals surface area (Å²) in [7, 11) is 0. The maximum Gasteiger partial charge on any atom is 0.201 e. The van der Waals surface area contributed by atoms with Crippen molar-refractivity contribution in [2.45, 2.75) is 26.7 Å². The van der Waals surface area contributed by atoms with Crippen molar-refractivity contribution in [2.75, 3.05) is 6.61 Å². The van der Waals surface area contributed by atoms with Crippen LogP contribution in [-0.4, -0.2) is 37.9 Å². The summed E-state index contributed by atoms with van der Waals surface area (Å²) in [6.07, 6.45) is 5.89. The Labute approximate surface area is 139 Å². The SMILES string of the molecule is CCO/C=C(\C(=O)c1ccc(-n2cncn2)nc1C)C(=O)C1CC1. The minimum atomic E-state index is -0.351. The summed E-state index contributed by atoms with van der Waals surface area (Å²) < 4.78 is 6.72. The van der Waals surface area contributed by atoms with Crippen LogP contribution in [0, 0.1) is 12.8 Å². The Morgan fingerprint density at radius 1 is 1.38 bits per heavy atom. The van der Waals surface area contributed by atoms with Gasteiger partial charge in [-0.15, -0.1) is 0 Å². The van der Waals surface area contributed by atoms with E-state index in [1.54, 1.807) is 26.0 Å². The minimum absolute atomic E-state index is 0.0525. The molecule has 0 amide bonds. The average Bonchev–Trinajstić information content (AvgIpc) is 3.29. The molecule has 0 radical (unpaired) electrons. The fourth-order valence-electron chi connectivity index (χ4n) is 2.34. The molecule has 7 nitrogen and oxygen atoms in total. The highest BCUT2D eigenvalue weighted by atomic mass is 16.5. The standard InChI is InChI=1S/C17H18N4O3/c1-3-24-8-14(16(22)12-4-5-12)17(23)13-6-7-15(20-11(13)2)21-10-18-9-19-21/h6-10,12H,3-5H2,1-2H3/b14-8-. The monoisotopic (exact) mass is 326 g/mol. The topological polar surface area (TPSA) is 87.0 Å². The van der Waals surface area contributed by atoms with Gasteiger partial charge < -0.3 is 4.74 Å². The van der Waals surface area contributed by atoms with Gasteiger partial charge in [-0.2, -0.15) is 5.10 Å². The molecule has 0 unspecified atom stereocenters. The van der Waals surface area contributed by atoms with Crippen LogP contribution in [0.5, 0.6) is 0 Å². The zero-order valence-corrected chi connectivity index (χ0v) is 13.6. The maximum absolute atomic E-state index is 12.8. The zero-order chi connectivity index (χ0) is 17.1. The number of hydrogen-bond acceptors (Lipinski definition) is 6. The first-order valence-corrected chi connectivity index (χ1v) is 7.85. The van der Waals surface area contributed by atoms with Gasteiger partial charge in [-0.25, -0.2) is 14.6 Å². The molecular weight excluding hydrogens is 308 g/mol. The molecule has 0 atom stereocenters. The second-order valence-electron chi connectivity index (χ2n) is 5.60. The van der Waals surface area contributed by atoms with Crippen molar-refractivity contribution in [3.05, 3.63) is 47.9 Å². The molecule has 0 aromatic carbocycles. The predicted molar refractivity (Wildman–Crippen MR) is 85.7 cm³/mol. The van der Waals surface area contributed by atoms with Gasteiger partial charge in [0.1, 0.15) is 18.2 Å². The molecule has 7 heteroatoms. The molecule has 3 rings (SSSR count). The summed E-state index contributed by atoms with van der Waals surface area (Å²) in [5.74, 6) is 0.0115. The Morgan fingerprint density at radius 3 is 2.75 bits per heavy atom. The van der Waals surface area contributed by atoms with E-state index in [-0.39, 0.29) is 23.1 Å². The Balaban J connectivity index is 1.91. The number of ketones is 2. The predicted octanol–water partition coefficient (Wildman–Crippen LogP) is 2.05. The molecule has 1 aliphatic rings. The molecule has 2 aromatic rings. The summed E-state index contributed by atoms with van der Waals surface area (Å²) in [5.41, 5.74) is 1.01. The third-order valence-electron chi connectivity index (χ3n) is 3.80. The third kappa shape index (κ3) is 3.24. The summed E-state index contributed by atoms with van der Waals surface area (Å²) in [6, 6.07) is 3.33. The van der Waals surface area contributed by atoms with Crippen molar-refractivity contribution in [2.24, 2.45) is 5.92 Å². The molecule has 1 fully saturated rings. The molecule has 0 spiro atoms. The van der Waals surface area contributed by atoms with Crippen LogP contribution in [0.15, 0.2) is 36.6 Å². The average molecular weight is 326 g/mol. The Bertz CT molecular complexity index is 792.